The van der Waals surface area contributed by atoms with Crippen LogP contribution >= 0.6 is 0 Å². The van der Waals surface area contributed by atoms with Crippen LogP contribution in [-0.4, -0.2) is 69.4 Å². The van der Waals surface area contributed by atoms with E-state index >= 15 is 0 Å². The largest absolute Gasteiger partial charge is 0.508 e. The van der Waals surface area contributed by atoms with E-state index in [1.54, 1.807) is 41.3 Å². The summed E-state index contributed by atoms with van der Waals surface area (Å²) < 4.78 is 6.13. The lowest BCUT2D eigenvalue weighted by molar-refractivity contribution is -0.133. The van der Waals surface area contributed by atoms with Crippen molar-refractivity contribution in [3.8, 4) is 34.3 Å². The molecule has 1 aliphatic heterocycles. The van der Waals surface area contributed by atoms with Gasteiger partial charge >= 0.3 is 0 Å². The van der Waals surface area contributed by atoms with Crippen molar-refractivity contribution in [3.05, 3.63) is 82.0 Å². The van der Waals surface area contributed by atoms with Crippen molar-refractivity contribution < 1.29 is 29.6 Å². The number of benzene rings is 3. The first kappa shape index (κ1) is 25.2. The zero-order chi connectivity index (χ0) is 27.0. The van der Waals surface area contributed by atoms with Gasteiger partial charge in [0.05, 0.1) is 0 Å². The molecule has 0 radical (unpaired) electrons. The fraction of sp³-hybridized carbons (Fsp3) is 0.241. The highest BCUT2D eigenvalue weighted by atomic mass is 16.3. The van der Waals surface area contributed by atoms with Crippen molar-refractivity contribution in [2.24, 2.45) is 0 Å². The molecule has 196 valence electrons. The average Bonchev–Trinajstić information content (AvgIpc) is 2.91. The van der Waals surface area contributed by atoms with Gasteiger partial charge in [0.15, 0.2) is 16.9 Å². The summed E-state index contributed by atoms with van der Waals surface area (Å²) in [6.07, 6.45) is -0.140. The molecule has 9 heteroatoms. The molecule has 5 rings (SSSR count). The molecule has 1 atom stereocenters. The molecule has 4 N–H and O–H groups in total. The van der Waals surface area contributed by atoms with Crippen LogP contribution in [0.5, 0.6) is 23.0 Å². The Morgan fingerprint density at radius 3 is 2.29 bits per heavy atom. The molecule has 1 aromatic heterocycles. The fourth-order valence-corrected chi connectivity index (χ4v) is 4.93. The highest BCUT2D eigenvalue weighted by Gasteiger charge is 2.32. The van der Waals surface area contributed by atoms with Gasteiger partial charge in [0.2, 0.25) is 11.7 Å². The Labute approximate surface area is 218 Å². The van der Waals surface area contributed by atoms with Crippen molar-refractivity contribution >= 4 is 16.9 Å². The molecular weight excluding hydrogens is 488 g/mol. The third kappa shape index (κ3) is 4.64. The number of phenolic OH excluding ortho intramolecular Hbond substituents is 4. The summed E-state index contributed by atoms with van der Waals surface area (Å²) in [6, 6.07) is 16.3. The number of fused-ring (bicyclic) bond motifs is 1. The number of nitrogens with zero attached hydrogens (tertiary/aromatic N) is 2. The maximum Gasteiger partial charge on any atom is 0.223 e. The molecule has 1 amide bonds. The lowest BCUT2D eigenvalue weighted by Crippen LogP contribution is -2.47. The van der Waals surface area contributed by atoms with Crippen molar-refractivity contribution in [3.63, 3.8) is 0 Å². The van der Waals surface area contributed by atoms with E-state index < -0.39 is 28.6 Å². The van der Waals surface area contributed by atoms with E-state index in [-0.39, 0.29) is 40.4 Å². The summed E-state index contributed by atoms with van der Waals surface area (Å²) in [5.74, 6) is -3.39. The molecular formula is C29H28N2O7. The lowest BCUT2D eigenvalue weighted by Gasteiger charge is -2.33. The number of piperazine rings is 1. The second kappa shape index (κ2) is 10.1. The summed E-state index contributed by atoms with van der Waals surface area (Å²) in [6.45, 7) is 2.49. The topological polar surface area (TPSA) is 135 Å². The molecule has 1 fully saturated rings. The molecule has 4 aromatic rings. The monoisotopic (exact) mass is 516 g/mol. The van der Waals surface area contributed by atoms with E-state index in [2.05, 4.69) is 4.90 Å². The molecule has 0 saturated carbocycles. The molecule has 1 unspecified atom stereocenters. The van der Waals surface area contributed by atoms with Crippen LogP contribution in [-0.2, 0) is 4.79 Å². The van der Waals surface area contributed by atoms with Gasteiger partial charge in [0.1, 0.15) is 22.5 Å². The second-order valence-electron chi connectivity index (χ2n) is 9.54. The maximum absolute atomic E-state index is 13.5. The minimum absolute atomic E-state index is 0.0294. The molecule has 3 aromatic carbocycles. The van der Waals surface area contributed by atoms with Gasteiger partial charge in [-0.05, 0) is 24.7 Å². The number of carbonyl (C=O) groups is 1. The Bertz CT molecular complexity index is 1560. The first-order valence-corrected chi connectivity index (χ1v) is 12.3. The van der Waals surface area contributed by atoms with Crippen molar-refractivity contribution in [2.45, 2.75) is 12.3 Å². The van der Waals surface area contributed by atoms with Crippen LogP contribution < -0.4 is 5.43 Å². The molecule has 9 nitrogen and oxygen atoms in total. The number of rotatable bonds is 5. The summed E-state index contributed by atoms with van der Waals surface area (Å²) in [5.41, 5.74) is 0.245. The van der Waals surface area contributed by atoms with E-state index in [1.807, 2.05) is 13.1 Å². The van der Waals surface area contributed by atoms with E-state index in [0.717, 1.165) is 0 Å². The van der Waals surface area contributed by atoms with E-state index in [0.29, 0.717) is 37.3 Å². The van der Waals surface area contributed by atoms with Gasteiger partial charge in [-0.15, -0.1) is 0 Å². The van der Waals surface area contributed by atoms with Crippen LogP contribution in [0.15, 0.2) is 69.9 Å². The Morgan fingerprint density at radius 1 is 0.895 bits per heavy atom. The van der Waals surface area contributed by atoms with Crippen LogP contribution in [0, 0.1) is 0 Å². The van der Waals surface area contributed by atoms with Gasteiger partial charge < -0.3 is 34.6 Å². The number of amides is 1. The van der Waals surface area contributed by atoms with Gasteiger partial charge in [0, 0.05) is 55.7 Å². The number of hydrogen-bond donors (Lipinski definition) is 4. The Hall–Kier alpha value is -4.50. The Kier molecular flexibility index (Phi) is 6.69. The molecule has 0 bridgehead atoms. The smallest absolute Gasteiger partial charge is 0.223 e. The van der Waals surface area contributed by atoms with Crippen LogP contribution in [0.2, 0.25) is 0 Å². The van der Waals surface area contributed by atoms with Gasteiger partial charge in [-0.1, -0.05) is 42.5 Å². The zero-order valence-electron chi connectivity index (χ0n) is 20.8. The third-order valence-electron chi connectivity index (χ3n) is 7.05. The predicted molar refractivity (Wildman–Crippen MR) is 142 cm³/mol. The normalized spacial score (nSPS) is 15.0. The summed E-state index contributed by atoms with van der Waals surface area (Å²) >= 11 is 0. The molecule has 2 heterocycles. The zero-order valence-corrected chi connectivity index (χ0v) is 20.8. The Morgan fingerprint density at radius 2 is 1.61 bits per heavy atom. The summed E-state index contributed by atoms with van der Waals surface area (Å²) in [7, 11) is 1.98. The number of phenols is 4. The minimum Gasteiger partial charge on any atom is -0.508 e. The number of hydrogen-bond acceptors (Lipinski definition) is 8. The van der Waals surface area contributed by atoms with Crippen LogP contribution in [0.4, 0.5) is 0 Å². The van der Waals surface area contributed by atoms with Crippen LogP contribution in [0.1, 0.15) is 23.5 Å². The summed E-state index contributed by atoms with van der Waals surface area (Å²) in [4.78, 5) is 30.5. The van der Waals surface area contributed by atoms with Crippen LogP contribution in [0.25, 0.3) is 22.3 Å². The highest BCUT2D eigenvalue weighted by molar-refractivity contribution is 5.94. The quantitative estimate of drug-likeness (QED) is 0.296. The average molecular weight is 517 g/mol. The minimum atomic E-state index is -0.919. The first-order valence-electron chi connectivity index (χ1n) is 12.3. The lowest BCUT2D eigenvalue weighted by atomic mass is 9.85. The Balaban J connectivity index is 1.73. The molecule has 0 aliphatic carbocycles. The second-order valence-corrected chi connectivity index (χ2v) is 9.54. The third-order valence-corrected chi connectivity index (χ3v) is 7.05. The molecule has 0 spiro atoms. The molecule has 1 aliphatic rings. The van der Waals surface area contributed by atoms with E-state index in [4.69, 9.17) is 4.42 Å². The van der Waals surface area contributed by atoms with Gasteiger partial charge in [-0.25, -0.2) is 0 Å². The molecule has 1 saturated heterocycles. The summed E-state index contributed by atoms with van der Waals surface area (Å²) in [5, 5.41) is 42.3. The van der Waals surface area contributed by atoms with Gasteiger partial charge in [0.25, 0.3) is 0 Å². The molecule has 38 heavy (non-hydrogen) atoms. The van der Waals surface area contributed by atoms with Crippen molar-refractivity contribution in [1.82, 2.24) is 9.80 Å². The maximum atomic E-state index is 13.5. The standard InChI is InChI=1S/C29H28N2O7/c1-30-10-12-31(13-11-30)23(34)15-20(18-8-5-9-19(32)14-18)24-26(35)28(37)27(36)25-21(33)16-22(38-29(24)25)17-6-3-2-4-7-17/h2-9,14,16,20,32,35-37H,10-13,15H2,1H3. The van der Waals surface area contributed by atoms with E-state index in [1.165, 1.54) is 18.2 Å². The van der Waals surface area contributed by atoms with Crippen molar-refractivity contribution in [2.75, 3.05) is 33.2 Å². The highest BCUT2D eigenvalue weighted by Crippen LogP contribution is 2.49. The number of likely N-dealkylation sites (N-methyl/N-ethyl adjacent to an activating group) is 1. The van der Waals surface area contributed by atoms with Crippen molar-refractivity contribution in [1.29, 1.82) is 0 Å². The fourth-order valence-electron chi connectivity index (χ4n) is 4.93. The number of aromatic hydroxyl groups is 4. The number of carbonyl (C=O) groups excluding carboxylic acids is 1. The first-order chi connectivity index (χ1) is 18.2. The SMILES string of the molecule is CN1CCN(C(=O)CC(c2cccc(O)c2)c2c(O)c(O)c(O)c3c(=O)cc(-c4ccccc4)oc23)CC1. The van der Waals surface area contributed by atoms with Crippen LogP contribution in [0.3, 0.4) is 0 Å². The van der Waals surface area contributed by atoms with Gasteiger partial charge in [-0.2, -0.15) is 0 Å². The van der Waals surface area contributed by atoms with Gasteiger partial charge in [-0.3, -0.25) is 9.59 Å². The predicted octanol–water partition coefficient (Wildman–Crippen LogP) is 3.58. The van der Waals surface area contributed by atoms with E-state index in [9.17, 15) is 30.0 Å².